The number of thiazole rings is 1. The van der Waals surface area contributed by atoms with E-state index in [-0.39, 0.29) is 0 Å². The smallest absolute Gasteiger partial charge is 0.139 e. The van der Waals surface area contributed by atoms with E-state index in [1.54, 1.807) is 11.3 Å². The molecule has 4 nitrogen and oxygen atoms in total. The molecule has 0 radical (unpaired) electrons. The molecule has 118 valence electrons. The monoisotopic (exact) mass is 388 g/mol. The van der Waals surface area contributed by atoms with Crippen LogP contribution in [0, 0.1) is 0 Å². The molecule has 0 saturated heterocycles. The van der Waals surface area contributed by atoms with Crippen molar-refractivity contribution in [1.82, 2.24) is 19.7 Å². The molecule has 0 aliphatic carbocycles. The third kappa shape index (κ3) is 3.23. The Labute approximate surface area is 147 Å². The zero-order chi connectivity index (χ0) is 15.6. The lowest BCUT2D eigenvalue weighted by Crippen LogP contribution is -2.06. The van der Waals surface area contributed by atoms with Crippen LogP contribution in [0.5, 0.6) is 0 Å². The average molecular weight is 389 g/mol. The summed E-state index contributed by atoms with van der Waals surface area (Å²) in [7, 11) is 0. The van der Waals surface area contributed by atoms with Crippen molar-refractivity contribution in [3.63, 3.8) is 0 Å². The maximum absolute atomic E-state index is 4.78. The molecule has 2 aromatic heterocycles. The van der Waals surface area contributed by atoms with Crippen molar-refractivity contribution in [2.45, 2.75) is 38.6 Å². The Balaban J connectivity index is 1.56. The maximum Gasteiger partial charge on any atom is 0.139 e. The zero-order valence-corrected chi connectivity index (χ0v) is 15.1. The lowest BCUT2D eigenvalue weighted by atomic mass is 10.2. The summed E-state index contributed by atoms with van der Waals surface area (Å²) in [5.74, 6) is 2.20. The van der Waals surface area contributed by atoms with Crippen molar-refractivity contribution in [1.29, 1.82) is 0 Å². The van der Waals surface area contributed by atoms with Gasteiger partial charge >= 0.3 is 0 Å². The van der Waals surface area contributed by atoms with Crippen molar-refractivity contribution in [2.75, 3.05) is 0 Å². The molecule has 0 saturated carbocycles. The van der Waals surface area contributed by atoms with Crippen molar-refractivity contribution >= 4 is 27.3 Å². The molecule has 3 heterocycles. The van der Waals surface area contributed by atoms with Crippen LogP contribution >= 0.6 is 27.3 Å². The molecule has 3 aromatic rings. The van der Waals surface area contributed by atoms with Gasteiger partial charge in [0.2, 0.25) is 0 Å². The van der Waals surface area contributed by atoms with Gasteiger partial charge in [-0.1, -0.05) is 34.5 Å². The molecule has 0 atom stereocenters. The number of hydrogen-bond acceptors (Lipinski definition) is 4. The van der Waals surface area contributed by atoms with E-state index in [2.05, 4.69) is 48.2 Å². The fraction of sp³-hybridized carbons (Fsp3) is 0.353. The van der Waals surface area contributed by atoms with Gasteiger partial charge in [0.1, 0.15) is 16.7 Å². The first kappa shape index (κ1) is 15.0. The Morgan fingerprint density at radius 1 is 1.09 bits per heavy atom. The van der Waals surface area contributed by atoms with E-state index in [1.807, 2.05) is 12.1 Å². The van der Waals surface area contributed by atoms with Crippen LogP contribution in [-0.4, -0.2) is 19.7 Å². The Kier molecular flexibility index (Phi) is 4.27. The molecule has 0 amide bonds. The first-order chi connectivity index (χ1) is 11.3. The number of rotatable bonds is 3. The second-order valence-corrected chi connectivity index (χ2v) is 7.66. The Morgan fingerprint density at radius 2 is 1.96 bits per heavy atom. The van der Waals surface area contributed by atoms with Crippen LogP contribution in [-0.2, 0) is 19.4 Å². The predicted octanol–water partition coefficient (Wildman–Crippen LogP) is 4.48. The first-order valence-corrected chi connectivity index (χ1v) is 9.58. The summed E-state index contributed by atoms with van der Waals surface area (Å²) in [6, 6.07) is 8.28. The number of fused-ring (bicyclic) bond motifs is 1. The lowest BCUT2D eigenvalue weighted by molar-refractivity contribution is 0.611. The molecule has 23 heavy (non-hydrogen) atoms. The molecule has 1 aliphatic heterocycles. The minimum atomic E-state index is 0.772. The lowest BCUT2D eigenvalue weighted by Gasteiger charge is -2.05. The molecule has 0 unspecified atom stereocenters. The molecule has 4 rings (SSSR count). The summed E-state index contributed by atoms with van der Waals surface area (Å²) in [4.78, 5) is 4.78. The summed E-state index contributed by atoms with van der Waals surface area (Å²) in [6.45, 7) is 1.04. The fourth-order valence-electron chi connectivity index (χ4n) is 2.96. The van der Waals surface area contributed by atoms with Gasteiger partial charge in [0, 0.05) is 28.4 Å². The number of halogens is 1. The van der Waals surface area contributed by atoms with Crippen molar-refractivity contribution in [3.05, 3.63) is 50.8 Å². The van der Waals surface area contributed by atoms with E-state index in [1.165, 1.54) is 19.3 Å². The summed E-state index contributed by atoms with van der Waals surface area (Å²) in [5, 5.41) is 12.0. The Bertz CT molecular complexity index is 806. The molecule has 6 heteroatoms. The molecule has 0 spiro atoms. The topological polar surface area (TPSA) is 43.6 Å². The molecular formula is C17H17BrN4S. The second-order valence-electron chi connectivity index (χ2n) is 5.80. The first-order valence-electron chi connectivity index (χ1n) is 7.91. The molecule has 1 aliphatic rings. The molecule has 0 fully saturated rings. The van der Waals surface area contributed by atoms with E-state index < -0.39 is 0 Å². The third-order valence-corrected chi connectivity index (χ3v) is 5.56. The average Bonchev–Trinajstić information content (AvgIpc) is 3.10. The normalized spacial score (nSPS) is 14.5. The highest BCUT2D eigenvalue weighted by Gasteiger charge is 2.16. The van der Waals surface area contributed by atoms with Gasteiger partial charge in [-0.3, -0.25) is 0 Å². The van der Waals surface area contributed by atoms with Gasteiger partial charge in [-0.25, -0.2) is 4.98 Å². The Hall–Kier alpha value is -1.53. The van der Waals surface area contributed by atoms with Crippen LogP contribution in [0.1, 0.15) is 35.9 Å². The van der Waals surface area contributed by atoms with Gasteiger partial charge in [-0.2, -0.15) is 0 Å². The Morgan fingerprint density at radius 3 is 2.83 bits per heavy atom. The van der Waals surface area contributed by atoms with E-state index in [0.717, 1.165) is 51.8 Å². The molecular weight excluding hydrogens is 372 g/mol. The maximum atomic E-state index is 4.78. The summed E-state index contributed by atoms with van der Waals surface area (Å²) in [5.41, 5.74) is 2.18. The predicted molar refractivity (Wildman–Crippen MR) is 95.6 cm³/mol. The van der Waals surface area contributed by atoms with Crippen LogP contribution in [0.15, 0.2) is 34.1 Å². The van der Waals surface area contributed by atoms with Gasteiger partial charge in [0.25, 0.3) is 0 Å². The quantitative estimate of drug-likeness (QED) is 0.663. The van der Waals surface area contributed by atoms with Gasteiger partial charge in [-0.15, -0.1) is 21.5 Å². The van der Waals surface area contributed by atoms with Gasteiger partial charge in [0.05, 0.1) is 12.1 Å². The number of hydrogen-bond donors (Lipinski definition) is 0. The number of benzene rings is 1. The fourth-order valence-corrected chi connectivity index (χ4v) is 4.02. The summed E-state index contributed by atoms with van der Waals surface area (Å²) < 4.78 is 3.39. The molecule has 0 N–H and O–H groups in total. The van der Waals surface area contributed by atoms with Crippen LogP contribution in [0.2, 0.25) is 0 Å². The minimum absolute atomic E-state index is 0.772. The van der Waals surface area contributed by atoms with Crippen molar-refractivity contribution < 1.29 is 0 Å². The van der Waals surface area contributed by atoms with Crippen LogP contribution in [0.3, 0.4) is 0 Å². The van der Waals surface area contributed by atoms with Crippen molar-refractivity contribution in [2.24, 2.45) is 0 Å². The number of aryl methyl sites for hydroxylation is 1. The SMILES string of the molecule is Brc1ccc(-c2csc(Cc3nnc4n3CCCCC4)n2)cc1. The highest BCUT2D eigenvalue weighted by Crippen LogP contribution is 2.25. The highest BCUT2D eigenvalue weighted by atomic mass is 79.9. The van der Waals surface area contributed by atoms with Crippen molar-refractivity contribution in [3.8, 4) is 11.3 Å². The van der Waals surface area contributed by atoms with Crippen LogP contribution in [0.4, 0.5) is 0 Å². The van der Waals surface area contributed by atoms with Crippen LogP contribution < -0.4 is 0 Å². The van der Waals surface area contributed by atoms with E-state index in [9.17, 15) is 0 Å². The van der Waals surface area contributed by atoms with Crippen LogP contribution in [0.25, 0.3) is 11.3 Å². The molecule has 1 aromatic carbocycles. The van der Waals surface area contributed by atoms with Gasteiger partial charge in [-0.05, 0) is 25.0 Å². The summed E-state index contributed by atoms with van der Waals surface area (Å²) in [6.07, 6.45) is 5.56. The van der Waals surface area contributed by atoms with E-state index >= 15 is 0 Å². The number of aromatic nitrogens is 4. The number of nitrogens with zero attached hydrogens (tertiary/aromatic N) is 4. The highest BCUT2D eigenvalue weighted by molar-refractivity contribution is 9.10. The van der Waals surface area contributed by atoms with E-state index in [0.29, 0.717) is 0 Å². The zero-order valence-electron chi connectivity index (χ0n) is 12.7. The standard InChI is InChI=1S/C17H17BrN4S/c18-13-7-5-12(6-8-13)14-11-23-17(19-14)10-16-21-20-15-4-2-1-3-9-22(15)16/h5-8,11H,1-4,9-10H2. The van der Waals surface area contributed by atoms with Gasteiger partial charge < -0.3 is 4.57 Å². The largest absolute Gasteiger partial charge is 0.315 e. The second kappa shape index (κ2) is 6.53. The van der Waals surface area contributed by atoms with Gasteiger partial charge in [0.15, 0.2) is 0 Å². The minimum Gasteiger partial charge on any atom is -0.315 e. The third-order valence-electron chi connectivity index (χ3n) is 4.19. The van der Waals surface area contributed by atoms with E-state index in [4.69, 9.17) is 4.98 Å². The molecule has 0 bridgehead atoms. The summed E-state index contributed by atoms with van der Waals surface area (Å²) >= 11 is 5.17.